The standard InChI is InChI=1S/C12H14F3NO/c13-10-5-8(6-11(14)12(10)15)7-17-9-1-3-16-4-2-9/h5-6,9,16H,1-4,7H2. The lowest BCUT2D eigenvalue weighted by Gasteiger charge is -2.22. The van der Waals surface area contributed by atoms with Gasteiger partial charge >= 0.3 is 0 Å². The Morgan fingerprint density at radius 1 is 1.12 bits per heavy atom. The molecule has 94 valence electrons. The summed E-state index contributed by atoms with van der Waals surface area (Å²) in [5.41, 5.74) is 0.319. The molecule has 0 radical (unpaired) electrons. The monoisotopic (exact) mass is 245 g/mol. The lowest BCUT2D eigenvalue weighted by Crippen LogP contribution is -2.32. The molecule has 2 nitrogen and oxygen atoms in total. The van der Waals surface area contributed by atoms with Crippen molar-refractivity contribution in [3.05, 3.63) is 35.1 Å². The van der Waals surface area contributed by atoms with Crippen LogP contribution in [-0.4, -0.2) is 19.2 Å². The van der Waals surface area contributed by atoms with Gasteiger partial charge in [-0.3, -0.25) is 0 Å². The van der Waals surface area contributed by atoms with Gasteiger partial charge in [-0.2, -0.15) is 0 Å². The van der Waals surface area contributed by atoms with E-state index in [1.54, 1.807) is 0 Å². The maximum absolute atomic E-state index is 12.9. The van der Waals surface area contributed by atoms with E-state index >= 15 is 0 Å². The van der Waals surface area contributed by atoms with Crippen LogP contribution in [0.1, 0.15) is 18.4 Å². The minimum Gasteiger partial charge on any atom is -0.373 e. The van der Waals surface area contributed by atoms with Gasteiger partial charge in [-0.1, -0.05) is 0 Å². The third-order valence-corrected chi connectivity index (χ3v) is 2.82. The van der Waals surface area contributed by atoms with Gasteiger partial charge in [-0.15, -0.1) is 0 Å². The molecule has 1 saturated heterocycles. The normalized spacial score (nSPS) is 17.4. The Kier molecular flexibility index (Phi) is 4.02. The minimum atomic E-state index is -1.43. The third-order valence-electron chi connectivity index (χ3n) is 2.82. The minimum absolute atomic E-state index is 0.104. The number of halogens is 3. The highest BCUT2D eigenvalue weighted by Crippen LogP contribution is 2.16. The average Bonchev–Trinajstić information content (AvgIpc) is 2.34. The number of hydrogen-bond acceptors (Lipinski definition) is 2. The van der Waals surface area contributed by atoms with Crippen LogP contribution in [0.25, 0.3) is 0 Å². The molecule has 1 heterocycles. The molecule has 1 aliphatic rings. The van der Waals surface area contributed by atoms with E-state index in [-0.39, 0.29) is 12.7 Å². The largest absolute Gasteiger partial charge is 0.373 e. The SMILES string of the molecule is Fc1cc(COC2CCNCC2)cc(F)c1F. The molecule has 0 amide bonds. The second-order valence-corrected chi connectivity index (χ2v) is 4.13. The molecule has 0 spiro atoms. The lowest BCUT2D eigenvalue weighted by molar-refractivity contribution is 0.0209. The molecule has 0 unspecified atom stereocenters. The van der Waals surface area contributed by atoms with Crippen molar-refractivity contribution in [2.45, 2.75) is 25.6 Å². The number of ether oxygens (including phenoxy) is 1. The van der Waals surface area contributed by atoms with E-state index in [0.29, 0.717) is 5.56 Å². The van der Waals surface area contributed by atoms with Crippen LogP contribution in [0.15, 0.2) is 12.1 Å². The summed E-state index contributed by atoms with van der Waals surface area (Å²) < 4.78 is 44.1. The van der Waals surface area contributed by atoms with E-state index in [9.17, 15) is 13.2 Å². The highest BCUT2D eigenvalue weighted by atomic mass is 19.2. The quantitative estimate of drug-likeness (QED) is 0.825. The number of piperidine rings is 1. The lowest BCUT2D eigenvalue weighted by atomic mass is 10.1. The van der Waals surface area contributed by atoms with Gasteiger partial charge < -0.3 is 10.1 Å². The van der Waals surface area contributed by atoms with Crippen LogP contribution in [0.2, 0.25) is 0 Å². The van der Waals surface area contributed by atoms with Gasteiger partial charge in [0.2, 0.25) is 0 Å². The first-order valence-corrected chi connectivity index (χ1v) is 5.62. The van der Waals surface area contributed by atoms with Crippen molar-refractivity contribution < 1.29 is 17.9 Å². The molecule has 0 bridgehead atoms. The average molecular weight is 245 g/mol. The van der Waals surface area contributed by atoms with E-state index in [0.717, 1.165) is 38.1 Å². The Hall–Kier alpha value is -1.07. The molecule has 17 heavy (non-hydrogen) atoms. The van der Waals surface area contributed by atoms with Gasteiger partial charge in [0, 0.05) is 0 Å². The first-order valence-electron chi connectivity index (χ1n) is 5.62. The Labute approximate surface area is 97.8 Å². The molecule has 1 aromatic carbocycles. The Morgan fingerprint density at radius 2 is 1.71 bits per heavy atom. The van der Waals surface area contributed by atoms with E-state index < -0.39 is 17.5 Å². The first-order chi connectivity index (χ1) is 8.16. The second kappa shape index (κ2) is 5.51. The van der Waals surface area contributed by atoms with Crippen molar-refractivity contribution in [2.75, 3.05) is 13.1 Å². The van der Waals surface area contributed by atoms with Gasteiger partial charge in [-0.25, -0.2) is 13.2 Å². The summed E-state index contributed by atoms with van der Waals surface area (Å²) in [6.07, 6.45) is 1.87. The fourth-order valence-electron chi connectivity index (χ4n) is 1.87. The molecular weight excluding hydrogens is 231 g/mol. The maximum atomic E-state index is 12.9. The number of nitrogens with one attached hydrogen (secondary N) is 1. The van der Waals surface area contributed by atoms with Crippen molar-refractivity contribution in [2.24, 2.45) is 0 Å². The van der Waals surface area contributed by atoms with Crippen molar-refractivity contribution in [1.29, 1.82) is 0 Å². The van der Waals surface area contributed by atoms with Crippen LogP contribution < -0.4 is 5.32 Å². The topological polar surface area (TPSA) is 21.3 Å². The van der Waals surface area contributed by atoms with Crippen LogP contribution in [-0.2, 0) is 11.3 Å². The van der Waals surface area contributed by atoms with Crippen LogP contribution >= 0.6 is 0 Å². The van der Waals surface area contributed by atoms with Gasteiger partial charge in [0.25, 0.3) is 0 Å². The van der Waals surface area contributed by atoms with Gasteiger partial charge in [0.05, 0.1) is 12.7 Å². The summed E-state index contributed by atoms with van der Waals surface area (Å²) in [6.45, 7) is 1.88. The molecule has 0 aromatic heterocycles. The van der Waals surface area contributed by atoms with Crippen molar-refractivity contribution in [3.8, 4) is 0 Å². The zero-order valence-electron chi connectivity index (χ0n) is 9.31. The molecule has 2 rings (SSSR count). The van der Waals surface area contributed by atoms with Gasteiger partial charge in [0.15, 0.2) is 17.5 Å². The summed E-state index contributed by atoms with van der Waals surface area (Å²) >= 11 is 0. The maximum Gasteiger partial charge on any atom is 0.194 e. The molecule has 1 aliphatic heterocycles. The Bertz CT molecular complexity index is 368. The van der Waals surface area contributed by atoms with Crippen molar-refractivity contribution in [1.82, 2.24) is 5.32 Å². The zero-order chi connectivity index (χ0) is 12.3. The van der Waals surface area contributed by atoms with Crippen molar-refractivity contribution >= 4 is 0 Å². The first kappa shape index (κ1) is 12.4. The molecule has 0 atom stereocenters. The van der Waals surface area contributed by atoms with Crippen LogP contribution in [0.5, 0.6) is 0 Å². The second-order valence-electron chi connectivity index (χ2n) is 4.13. The van der Waals surface area contributed by atoms with Crippen LogP contribution in [0.3, 0.4) is 0 Å². The Morgan fingerprint density at radius 3 is 2.29 bits per heavy atom. The van der Waals surface area contributed by atoms with Crippen molar-refractivity contribution in [3.63, 3.8) is 0 Å². The molecule has 1 fully saturated rings. The van der Waals surface area contributed by atoms with Crippen LogP contribution in [0, 0.1) is 17.5 Å². The molecule has 1 aromatic rings. The fourth-order valence-corrected chi connectivity index (χ4v) is 1.87. The smallest absolute Gasteiger partial charge is 0.194 e. The molecular formula is C12H14F3NO. The molecule has 0 saturated carbocycles. The predicted molar refractivity (Wildman–Crippen MR) is 57.0 cm³/mol. The summed E-state index contributed by atoms with van der Waals surface area (Å²) in [5.74, 6) is -3.78. The molecule has 0 aliphatic carbocycles. The van der Waals surface area contributed by atoms with Gasteiger partial charge in [-0.05, 0) is 43.6 Å². The van der Waals surface area contributed by atoms with Gasteiger partial charge in [0.1, 0.15) is 0 Å². The van der Waals surface area contributed by atoms with E-state index in [1.165, 1.54) is 0 Å². The zero-order valence-corrected chi connectivity index (χ0v) is 9.31. The summed E-state index contributed by atoms with van der Waals surface area (Å²) in [7, 11) is 0. The highest BCUT2D eigenvalue weighted by molar-refractivity contribution is 5.18. The molecule has 5 heteroatoms. The third kappa shape index (κ3) is 3.20. The predicted octanol–water partition coefficient (Wildman–Crippen LogP) is 2.37. The fraction of sp³-hybridized carbons (Fsp3) is 0.500. The van der Waals surface area contributed by atoms with E-state index in [2.05, 4.69) is 5.32 Å². The van der Waals surface area contributed by atoms with Crippen LogP contribution in [0.4, 0.5) is 13.2 Å². The number of rotatable bonds is 3. The number of hydrogen-bond donors (Lipinski definition) is 1. The highest BCUT2D eigenvalue weighted by Gasteiger charge is 2.15. The summed E-state index contributed by atoms with van der Waals surface area (Å²) in [6, 6.07) is 1.94. The summed E-state index contributed by atoms with van der Waals surface area (Å²) in [4.78, 5) is 0. The molecule has 1 N–H and O–H groups in total. The number of benzene rings is 1. The van der Waals surface area contributed by atoms with E-state index in [4.69, 9.17) is 4.74 Å². The summed E-state index contributed by atoms with van der Waals surface area (Å²) in [5, 5.41) is 3.19. The Balaban J connectivity index is 1.94. The van der Waals surface area contributed by atoms with E-state index in [1.807, 2.05) is 0 Å².